The molecule has 1 amide bonds. The van der Waals surface area contributed by atoms with Crippen molar-refractivity contribution in [3.05, 3.63) is 24.3 Å². The van der Waals surface area contributed by atoms with E-state index in [1.807, 2.05) is 11.0 Å². The van der Waals surface area contributed by atoms with E-state index in [1.165, 1.54) is 18.5 Å². The van der Waals surface area contributed by atoms with Crippen LogP contribution in [0.15, 0.2) is 24.3 Å². The number of carbonyl (C=O) groups is 1. The molecule has 0 aliphatic carbocycles. The van der Waals surface area contributed by atoms with Crippen LogP contribution in [0.4, 0.5) is 11.4 Å². The normalized spacial score (nSPS) is 19.1. The summed E-state index contributed by atoms with van der Waals surface area (Å²) in [6.45, 7) is 7.13. The van der Waals surface area contributed by atoms with E-state index in [0.717, 1.165) is 50.7 Å². The second kappa shape index (κ2) is 7.14. The number of rotatable bonds is 4. The first kappa shape index (κ1) is 15.3. The molecule has 0 aromatic heterocycles. The molecule has 1 aromatic rings. The number of likely N-dealkylation sites (N-methyl/N-ethyl adjacent to an activating group) is 1. The van der Waals surface area contributed by atoms with Crippen LogP contribution in [0.1, 0.15) is 32.6 Å². The lowest BCUT2D eigenvalue weighted by Crippen LogP contribution is -2.44. The van der Waals surface area contributed by atoms with Crippen LogP contribution in [0.2, 0.25) is 0 Å². The van der Waals surface area contributed by atoms with Crippen LogP contribution >= 0.6 is 0 Å². The summed E-state index contributed by atoms with van der Waals surface area (Å²) in [6.07, 6.45) is 4.16. The van der Waals surface area contributed by atoms with E-state index in [4.69, 9.17) is 0 Å². The minimum Gasteiger partial charge on any atom is -0.368 e. The Bertz CT molecular complexity index is 511. The third-order valence-electron chi connectivity index (χ3n) is 5.01. The van der Waals surface area contributed by atoms with Crippen molar-refractivity contribution in [3.8, 4) is 0 Å². The van der Waals surface area contributed by atoms with Crippen molar-refractivity contribution in [1.29, 1.82) is 0 Å². The van der Waals surface area contributed by atoms with Gasteiger partial charge in [0.2, 0.25) is 5.91 Å². The monoisotopic (exact) mass is 301 g/mol. The number of piperidine rings is 1. The highest BCUT2D eigenvalue weighted by Gasteiger charge is 2.26. The summed E-state index contributed by atoms with van der Waals surface area (Å²) in [5.74, 6) is 1.01. The van der Waals surface area contributed by atoms with Crippen molar-refractivity contribution in [2.75, 3.05) is 42.5 Å². The molecule has 0 saturated carbocycles. The van der Waals surface area contributed by atoms with Crippen LogP contribution < -0.4 is 15.1 Å². The number of anilines is 2. The van der Waals surface area contributed by atoms with E-state index in [2.05, 4.69) is 35.3 Å². The number of carbonyl (C=O) groups excluding carboxylic acids is 1. The molecule has 0 spiro atoms. The summed E-state index contributed by atoms with van der Waals surface area (Å²) in [5.41, 5.74) is 2.29. The summed E-state index contributed by atoms with van der Waals surface area (Å²) in [6, 6.07) is 8.31. The fourth-order valence-electron chi connectivity index (χ4n) is 3.64. The zero-order valence-corrected chi connectivity index (χ0v) is 13.6. The van der Waals surface area contributed by atoms with Gasteiger partial charge in [0.25, 0.3) is 0 Å². The number of hydrogen-bond donors (Lipinski definition) is 1. The summed E-state index contributed by atoms with van der Waals surface area (Å²) in [5, 5.41) is 3.39. The molecule has 1 N–H and O–H groups in total. The molecule has 0 radical (unpaired) electrons. The van der Waals surface area contributed by atoms with Gasteiger partial charge in [0.15, 0.2) is 0 Å². The van der Waals surface area contributed by atoms with Crippen molar-refractivity contribution in [2.45, 2.75) is 32.6 Å². The number of amides is 1. The Balaban J connectivity index is 1.65. The zero-order valence-electron chi connectivity index (χ0n) is 13.6. The van der Waals surface area contributed by atoms with Gasteiger partial charge in [-0.25, -0.2) is 0 Å². The lowest BCUT2D eigenvalue weighted by molar-refractivity contribution is -0.119. The van der Waals surface area contributed by atoms with Crippen molar-refractivity contribution in [2.24, 2.45) is 5.92 Å². The predicted molar refractivity (Wildman–Crippen MR) is 91.5 cm³/mol. The van der Waals surface area contributed by atoms with Gasteiger partial charge in [0.05, 0.1) is 11.4 Å². The third kappa shape index (κ3) is 3.27. The maximum atomic E-state index is 12.7. The molecule has 2 aliphatic heterocycles. The van der Waals surface area contributed by atoms with Crippen LogP contribution in [-0.4, -0.2) is 38.6 Å². The summed E-state index contributed by atoms with van der Waals surface area (Å²) in [7, 11) is 0. The Hall–Kier alpha value is -1.55. The number of para-hydroxylation sites is 2. The first-order chi connectivity index (χ1) is 10.8. The van der Waals surface area contributed by atoms with Crippen molar-refractivity contribution in [3.63, 3.8) is 0 Å². The molecule has 1 fully saturated rings. The zero-order chi connectivity index (χ0) is 15.4. The van der Waals surface area contributed by atoms with Crippen LogP contribution in [-0.2, 0) is 4.79 Å². The fraction of sp³-hybridized carbons (Fsp3) is 0.611. The molecule has 1 aromatic carbocycles. The Morgan fingerprint density at radius 3 is 2.64 bits per heavy atom. The Morgan fingerprint density at radius 1 is 1.18 bits per heavy atom. The van der Waals surface area contributed by atoms with Crippen molar-refractivity contribution >= 4 is 17.3 Å². The summed E-state index contributed by atoms with van der Waals surface area (Å²) < 4.78 is 0. The third-order valence-corrected chi connectivity index (χ3v) is 5.01. The second-order valence-electron chi connectivity index (χ2n) is 6.35. The van der Waals surface area contributed by atoms with E-state index >= 15 is 0 Å². The van der Waals surface area contributed by atoms with E-state index in [1.54, 1.807) is 0 Å². The quantitative estimate of drug-likeness (QED) is 0.928. The van der Waals surface area contributed by atoms with Crippen LogP contribution in [0.3, 0.4) is 0 Å². The first-order valence-corrected chi connectivity index (χ1v) is 8.64. The van der Waals surface area contributed by atoms with Gasteiger partial charge in [-0.2, -0.15) is 0 Å². The minimum absolute atomic E-state index is 0.293. The van der Waals surface area contributed by atoms with E-state index in [9.17, 15) is 4.79 Å². The molecule has 2 aliphatic rings. The van der Waals surface area contributed by atoms with Gasteiger partial charge >= 0.3 is 0 Å². The number of nitrogens with zero attached hydrogens (tertiary/aromatic N) is 2. The van der Waals surface area contributed by atoms with Gasteiger partial charge in [-0.3, -0.25) is 4.79 Å². The van der Waals surface area contributed by atoms with Crippen molar-refractivity contribution in [1.82, 2.24) is 5.32 Å². The highest BCUT2D eigenvalue weighted by atomic mass is 16.2. The molecular formula is C18H27N3O. The van der Waals surface area contributed by atoms with E-state index in [0.29, 0.717) is 12.3 Å². The molecule has 4 nitrogen and oxygen atoms in total. The first-order valence-electron chi connectivity index (χ1n) is 8.64. The number of fused-ring (bicyclic) bond motifs is 1. The topological polar surface area (TPSA) is 35.6 Å². The van der Waals surface area contributed by atoms with Crippen LogP contribution in [0, 0.1) is 5.92 Å². The van der Waals surface area contributed by atoms with E-state index < -0.39 is 0 Å². The lowest BCUT2D eigenvalue weighted by Gasteiger charge is -2.37. The van der Waals surface area contributed by atoms with Gasteiger partial charge in [-0.15, -0.1) is 0 Å². The average Bonchev–Trinajstić information content (AvgIpc) is 2.59. The van der Waals surface area contributed by atoms with Crippen LogP contribution in [0.5, 0.6) is 0 Å². The molecule has 1 saturated heterocycles. The largest absolute Gasteiger partial charge is 0.368 e. The Kier molecular flexibility index (Phi) is 4.98. The number of hydrogen-bond acceptors (Lipinski definition) is 3. The smallest absolute Gasteiger partial charge is 0.227 e. The molecule has 0 bridgehead atoms. The molecular weight excluding hydrogens is 274 g/mol. The fourth-order valence-corrected chi connectivity index (χ4v) is 3.64. The molecule has 0 atom stereocenters. The molecule has 4 heteroatoms. The van der Waals surface area contributed by atoms with Crippen LogP contribution in [0.25, 0.3) is 0 Å². The molecule has 120 valence electrons. The van der Waals surface area contributed by atoms with Gasteiger partial charge in [-0.05, 0) is 57.3 Å². The van der Waals surface area contributed by atoms with Gasteiger partial charge in [0.1, 0.15) is 0 Å². The maximum Gasteiger partial charge on any atom is 0.227 e. The average molecular weight is 301 g/mol. The lowest BCUT2D eigenvalue weighted by atomic mass is 9.93. The summed E-state index contributed by atoms with van der Waals surface area (Å²) in [4.78, 5) is 17.0. The minimum atomic E-state index is 0.293. The SMILES string of the molecule is CCN1CCN(C(=O)CCC2CCNCC2)c2ccccc21. The number of nitrogens with one attached hydrogen (secondary N) is 1. The van der Waals surface area contributed by atoms with E-state index in [-0.39, 0.29) is 0 Å². The molecule has 22 heavy (non-hydrogen) atoms. The van der Waals surface area contributed by atoms with Gasteiger partial charge in [-0.1, -0.05) is 12.1 Å². The standard InChI is InChI=1S/C18H27N3O/c1-2-20-13-14-21(17-6-4-3-5-16(17)20)18(22)8-7-15-9-11-19-12-10-15/h3-6,15,19H,2,7-14H2,1H3. The predicted octanol–water partition coefficient (Wildman–Crippen LogP) is 2.64. The number of benzene rings is 1. The highest BCUT2D eigenvalue weighted by molar-refractivity contribution is 5.97. The highest BCUT2D eigenvalue weighted by Crippen LogP contribution is 2.33. The summed E-state index contributed by atoms with van der Waals surface area (Å²) >= 11 is 0. The second-order valence-corrected chi connectivity index (χ2v) is 6.35. The van der Waals surface area contributed by atoms with Gasteiger partial charge < -0.3 is 15.1 Å². The molecule has 3 rings (SSSR count). The van der Waals surface area contributed by atoms with Gasteiger partial charge in [0, 0.05) is 26.1 Å². The van der Waals surface area contributed by atoms with Crippen molar-refractivity contribution < 1.29 is 4.79 Å². The Labute approximate surface area is 133 Å². The molecule has 2 heterocycles. The molecule has 0 unspecified atom stereocenters. The Morgan fingerprint density at radius 2 is 1.91 bits per heavy atom. The maximum absolute atomic E-state index is 12.7.